The molecule has 0 atom stereocenters. The summed E-state index contributed by atoms with van der Waals surface area (Å²) in [7, 11) is -3.89. The highest BCUT2D eigenvalue weighted by atomic mass is 35.5. The van der Waals surface area contributed by atoms with Crippen LogP contribution >= 0.6 is 22.9 Å². The van der Waals surface area contributed by atoms with Crippen LogP contribution in [0.3, 0.4) is 0 Å². The molecule has 2 aliphatic heterocycles. The van der Waals surface area contributed by atoms with E-state index in [1.165, 1.54) is 28.5 Å². The molecule has 0 spiro atoms. The summed E-state index contributed by atoms with van der Waals surface area (Å²) in [4.78, 5) is 15.0. The molecule has 28 heavy (non-hydrogen) atoms. The largest absolute Gasteiger partial charge is 0.312 e. The number of nitrogens with one attached hydrogen (secondary N) is 1. The summed E-state index contributed by atoms with van der Waals surface area (Å²) in [6, 6.07) is 9.37. The SMILES string of the molecule is O=C1/C(=N\S(=O)(=O)/C=C/c2ccc(Cl)s2)CCN1c1ccc2c(c1)CNCC2. The van der Waals surface area contributed by atoms with E-state index in [9.17, 15) is 13.2 Å². The molecule has 1 amide bonds. The topological polar surface area (TPSA) is 78.8 Å². The van der Waals surface area contributed by atoms with Crippen LogP contribution < -0.4 is 10.2 Å². The molecule has 0 unspecified atom stereocenters. The zero-order valence-electron chi connectivity index (χ0n) is 14.9. The lowest BCUT2D eigenvalue weighted by atomic mass is 10.0. The number of carbonyl (C=O) groups excluding carboxylic acids is 1. The first kappa shape index (κ1) is 19.3. The highest BCUT2D eigenvalue weighted by molar-refractivity contribution is 7.93. The maximum atomic E-state index is 12.7. The van der Waals surface area contributed by atoms with Crippen molar-refractivity contribution in [1.29, 1.82) is 0 Å². The Morgan fingerprint density at radius 1 is 1.18 bits per heavy atom. The monoisotopic (exact) mass is 435 g/mol. The van der Waals surface area contributed by atoms with Gasteiger partial charge in [0, 0.05) is 30.1 Å². The normalized spacial score (nSPS) is 19.0. The molecule has 0 bridgehead atoms. The summed E-state index contributed by atoms with van der Waals surface area (Å²) in [5.41, 5.74) is 3.29. The van der Waals surface area contributed by atoms with E-state index in [4.69, 9.17) is 11.6 Å². The number of nitrogens with zero attached hydrogens (tertiary/aromatic N) is 2. The fourth-order valence-electron chi connectivity index (χ4n) is 3.30. The van der Waals surface area contributed by atoms with Gasteiger partial charge in [-0.15, -0.1) is 11.3 Å². The van der Waals surface area contributed by atoms with Crippen molar-refractivity contribution >= 4 is 56.3 Å². The average Bonchev–Trinajstić information content (AvgIpc) is 3.25. The minimum atomic E-state index is -3.89. The van der Waals surface area contributed by atoms with Gasteiger partial charge in [0.25, 0.3) is 15.9 Å². The maximum Gasteiger partial charge on any atom is 0.275 e. The standard InChI is InChI=1S/C19H18ClN3O3S2/c20-18-4-3-16(27-18)7-10-28(25,26)22-17-6-9-23(19(17)24)15-2-1-13-5-8-21-12-14(13)11-15/h1-4,7,10-11,21H,5-6,8-9,12H2/b10-7+,22-17-. The molecule has 0 aliphatic carbocycles. The highest BCUT2D eigenvalue weighted by Crippen LogP contribution is 2.26. The first-order valence-corrected chi connectivity index (χ1v) is 11.5. The number of hydrogen-bond acceptors (Lipinski definition) is 5. The third-order valence-corrected chi connectivity index (χ3v) is 6.84. The number of carbonyl (C=O) groups is 1. The van der Waals surface area contributed by atoms with E-state index in [-0.39, 0.29) is 11.6 Å². The summed E-state index contributed by atoms with van der Waals surface area (Å²) in [5, 5.41) is 4.32. The van der Waals surface area contributed by atoms with Crippen molar-refractivity contribution in [3.8, 4) is 0 Å². The predicted octanol–water partition coefficient (Wildman–Crippen LogP) is 3.23. The van der Waals surface area contributed by atoms with Crippen LogP contribution in [0, 0.1) is 0 Å². The van der Waals surface area contributed by atoms with Crippen molar-refractivity contribution in [3.05, 3.63) is 56.1 Å². The molecule has 6 nitrogen and oxygen atoms in total. The lowest BCUT2D eigenvalue weighted by molar-refractivity contribution is -0.111. The van der Waals surface area contributed by atoms with Crippen LogP contribution in [0.15, 0.2) is 40.1 Å². The van der Waals surface area contributed by atoms with Crippen molar-refractivity contribution in [3.63, 3.8) is 0 Å². The van der Waals surface area contributed by atoms with E-state index in [1.54, 1.807) is 17.0 Å². The molecule has 1 saturated heterocycles. The molecule has 1 aromatic heterocycles. The van der Waals surface area contributed by atoms with Gasteiger partial charge in [0.1, 0.15) is 5.71 Å². The Morgan fingerprint density at radius 2 is 2.04 bits per heavy atom. The Labute approximate surface area is 172 Å². The summed E-state index contributed by atoms with van der Waals surface area (Å²) >= 11 is 7.11. The molecule has 0 radical (unpaired) electrons. The summed E-state index contributed by atoms with van der Waals surface area (Å²) in [6.45, 7) is 2.15. The molecule has 2 aromatic rings. The quantitative estimate of drug-likeness (QED) is 0.799. The first-order valence-electron chi connectivity index (χ1n) is 8.83. The molecule has 146 valence electrons. The summed E-state index contributed by atoms with van der Waals surface area (Å²) < 4.78 is 28.8. The van der Waals surface area contributed by atoms with E-state index in [0.29, 0.717) is 22.2 Å². The van der Waals surface area contributed by atoms with Crippen molar-refractivity contribution in [2.24, 2.45) is 4.40 Å². The van der Waals surface area contributed by atoms with Crippen LogP contribution in [-0.4, -0.2) is 33.1 Å². The van der Waals surface area contributed by atoms with E-state index in [1.807, 2.05) is 18.2 Å². The second kappa shape index (κ2) is 7.79. The Morgan fingerprint density at radius 3 is 2.82 bits per heavy atom. The van der Waals surface area contributed by atoms with E-state index in [2.05, 4.69) is 9.71 Å². The number of anilines is 1. The molecular weight excluding hydrogens is 418 g/mol. The first-order chi connectivity index (χ1) is 13.4. The average molecular weight is 436 g/mol. The smallest absolute Gasteiger partial charge is 0.275 e. The van der Waals surface area contributed by atoms with E-state index >= 15 is 0 Å². The number of rotatable bonds is 4. The fraction of sp³-hybridized carbons (Fsp3) is 0.263. The molecule has 1 aromatic carbocycles. The number of hydrogen-bond donors (Lipinski definition) is 1. The van der Waals surface area contributed by atoms with E-state index < -0.39 is 10.0 Å². The number of sulfonamides is 1. The number of fused-ring (bicyclic) bond motifs is 1. The number of benzene rings is 1. The highest BCUT2D eigenvalue weighted by Gasteiger charge is 2.30. The fourth-order valence-corrected chi connectivity index (χ4v) is 5.21. The van der Waals surface area contributed by atoms with Gasteiger partial charge in [0.05, 0.1) is 9.74 Å². The van der Waals surface area contributed by atoms with Gasteiger partial charge in [0.15, 0.2) is 0 Å². The van der Waals surface area contributed by atoms with Crippen LogP contribution in [-0.2, 0) is 27.8 Å². The lowest BCUT2D eigenvalue weighted by Crippen LogP contribution is -2.28. The number of halogens is 1. The second-order valence-electron chi connectivity index (χ2n) is 6.58. The van der Waals surface area contributed by atoms with Crippen LogP contribution in [0.1, 0.15) is 22.4 Å². The van der Waals surface area contributed by atoms with Gasteiger partial charge in [-0.3, -0.25) is 4.79 Å². The van der Waals surface area contributed by atoms with Crippen LogP contribution in [0.2, 0.25) is 4.34 Å². The molecular formula is C19H18ClN3O3S2. The van der Waals surface area contributed by atoms with Crippen molar-refractivity contribution in [2.45, 2.75) is 19.4 Å². The molecule has 0 saturated carbocycles. The Bertz CT molecular complexity index is 1090. The molecule has 3 heterocycles. The van der Waals surface area contributed by atoms with Crippen molar-refractivity contribution in [2.75, 3.05) is 18.0 Å². The third-order valence-electron chi connectivity index (χ3n) is 4.69. The molecule has 1 N–H and O–H groups in total. The molecule has 9 heteroatoms. The Hall–Kier alpha value is -2.00. The van der Waals surface area contributed by atoms with Crippen LogP contribution in [0.25, 0.3) is 6.08 Å². The minimum absolute atomic E-state index is 0.0599. The lowest BCUT2D eigenvalue weighted by Gasteiger charge is -2.21. The summed E-state index contributed by atoms with van der Waals surface area (Å²) in [5.74, 6) is -0.361. The Balaban J connectivity index is 1.52. The molecule has 4 rings (SSSR count). The van der Waals surface area contributed by atoms with Gasteiger partial charge >= 0.3 is 0 Å². The van der Waals surface area contributed by atoms with Crippen LogP contribution in [0.4, 0.5) is 5.69 Å². The third kappa shape index (κ3) is 4.20. The number of amides is 1. The predicted molar refractivity (Wildman–Crippen MR) is 114 cm³/mol. The molecule has 2 aliphatic rings. The van der Waals surface area contributed by atoms with Crippen molar-refractivity contribution in [1.82, 2.24) is 5.32 Å². The second-order valence-corrected chi connectivity index (χ2v) is 9.82. The Kier molecular flexibility index (Phi) is 5.37. The molecule has 1 fully saturated rings. The maximum absolute atomic E-state index is 12.7. The van der Waals surface area contributed by atoms with Gasteiger partial charge in [-0.25, -0.2) is 0 Å². The van der Waals surface area contributed by atoms with E-state index in [0.717, 1.165) is 30.6 Å². The van der Waals surface area contributed by atoms with Gasteiger partial charge in [-0.2, -0.15) is 12.8 Å². The minimum Gasteiger partial charge on any atom is -0.312 e. The zero-order valence-corrected chi connectivity index (χ0v) is 17.3. The number of thiophene rings is 1. The van der Waals surface area contributed by atoms with Gasteiger partial charge < -0.3 is 10.2 Å². The van der Waals surface area contributed by atoms with Gasteiger partial charge in [0.2, 0.25) is 0 Å². The van der Waals surface area contributed by atoms with Crippen molar-refractivity contribution < 1.29 is 13.2 Å². The van der Waals surface area contributed by atoms with Gasteiger partial charge in [-0.1, -0.05) is 17.7 Å². The van der Waals surface area contributed by atoms with Crippen LogP contribution in [0.5, 0.6) is 0 Å². The van der Waals surface area contributed by atoms with Gasteiger partial charge in [-0.05, 0) is 54.4 Å². The summed E-state index contributed by atoms with van der Waals surface area (Å²) in [6.07, 6.45) is 2.70. The zero-order chi connectivity index (χ0) is 19.7.